The lowest BCUT2D eigenvalue weighted by Crippen LogP contribution is -2.42. The highest BCUT2D eigenvalue weighted by molar-refractivity contribution is 14.0. The van der Waals surface area contributed by atoms with E-state index in [9.17, 15) is 4.39 Å². The van der Waals surface area contributed by atoms with Gasteiger partial charge in [-0.05, 0) is 30.7 Å². The Balaban J connectivity index is 0.00000225. The minimum absolute atomic E-state index is 0. The maximum absolute atomic E-state index is 12.9. The number of nitrogens with zero attached hydrogens (tertiary/aromatic N) is 4. The average molecular weight is 477 g/mol. The summed E-state index contributed by atoms with van der Waals surface area (Å²) in [7, 11) is 0. The predicted octanol–water partition coefficient (Wildman–Crippen LogP) is 2.79. The van der Waals surface area contributed by atoms with Crippen molar-refractivity contribution in [2.75, 3.05) is 31.1 Å². The Morgan fingerprint density at radius 3 is 2.72 bits per heavy atom. The molecule has 2 aromatic rings. The number of hydrogen-bond acceptors (Lipinski definition) is 5. The molecule has 2 heterocycles. The molecule has 0 bridgehead atoms. The Bertz CT molecular complexity index is 688. The van der Waals surface area contributed by atoms with Crippen LogP contribution in [0.1, 0.15) is 12.3 Å². The lowest BCUT2D eigenvalue weighted by molar-refractivity contribution is 0.376. The molecule has 3 rings (SSSR count). The molecule has 0 amide bonds. The monoisotopic (exact) mass is 477 g/mol. The number of rotatable bonds is 5. The number of hydrogen-bond donors (Lipinski definition) is 1. The number of nitrogens with two attached hydrogens (primary N) is 1. The molecule has 6 nitrogen and oxygen atoms in total. The Hall–Kier alpha value is -1.36. The van der Waals surface area contributed by atoms with Gasteiger partial charge in [-0.2, -0.15) is 16.7 Å². The maximum Gasteiger partial charge on any atom is 0.227 e. The highest BCUT2D eigenvalue weighted by Crippen LogP contribution is 2.16. The molecule has 1 saturated heterocycles. The lowest BCUT2D eigenvalue weighted by atomic mass is 10.2. The summed E-state index contributed by atoms with van der Waals surface area (Å²) < 4.78 is 18.1. The molecule has 136 valence electrons. The second kappa shape index (κ2) is 9.95. The first-order valence-corrected chi connectivity index (χ1v) is 9.09. The van der Waals surface area contributed by atoms with E-state index in [2.05, 4.69) is 20.0 Å². The van der Waals surface area contributed by atoms with Crippen LogP contribution in [0.3, 0.4) is 0 Å². The first kappa shape index (κ1) is 20.0. The van der Waals surface area contributed by atoms with Crippen molar-refractivity contribution in [3.63, 3.8) is 0 Å². The van der Waals surface area contributed by atoms with E-state index in [-0.39, 0.29) is 29.8 Å². The molecule has 25 heavy (non-hydrogen) atoms. The number of aromatic nitrogens is 2. The van der Waals surface area contributed by atoms with Crippen LogP contribution in [0.4, 0.5) is 4.39 Å². The third kappa shape index (κ3) is 5.84. The summed E-state index contributed by atoms with van der Waals surface area (Å²) in [6, 6.07) is 6.02. The Kier molecular flexibility index (Phi) is 7.94. The van der Waals surface area contributed by atoms with Crippen molar-refractivity contribution in [2.45, 2.75) is 12.8 Å². The molecule has 9 heteroatoms. The van der Waals surface area contributed by atoms with Gasteiger partial charge in [0.05, 0.1) is 0 Å². The minimum Gasteiger partial charge on any atom is -0.370 e. The molecule has 1 fully saturated rings. The van der Waals surface area contributed by atoms with Gasteiger partial charge in [-0.3, -0.25) is 4.99 Å². The van der Waals surface area contributed by atoms with Crippen LogP contribution in [-0.4, -0.2) is 52.1 Å². The van der Waals surface area contributed by atoms with E-state index in [4.69, 9.17) is 10.3 Å². The fourth-order valence-corrected chi connectivity index (χ4v) is 3.29. The fourth-order valence-electron chi connectivity index (χ4n) is 2.39. The van der Waals surface area contributed by atoms with Crippen LogP contribution in [-0.2, 0) is 6.42 Å². The zero-order valence-electron chi connectivity index (χ0n) is 13.7. The Morgan fingerprint density at radius 2 is 2.00 bits per heavy atom. The van der Waals surface area contributed by atoms with E-state index in [1.54, 1.807) is 12.1 Å². The molecule has 2 N–H and O–H groups in total. The molecule has 0 atom stereocenters. The van der Waals surface area contributed by atoms with Crippen molar-refractivity contribution in [1.29, 1.82) is 0 Å². The second-order valence-electron chi connectivity index (χ2n) is 5.46. The zero-order chi connectivity index (χ0) is 16.8. The van der Waals surface area contributed by atoms with Crippen molar-refractivity contribution in [2.24, 2.45) is 10.7 Å². The van der Waals surface area contributed by atoms with Gasteiger partial charge in [-0.25, -0.2) is 4.39 Å². The van der Waals surface area contributed by atoms with Gasteiger partial charge in [0, 0.05) is 43.1 Å². The highest BCUT2D eigenvalue weighted by atomic mass is 127. The van der Waals surface area contributed by atoms with E-state index in [0.717, 1.165) is 36.6 Å². The zero-order valence-corrected chi connectivity index (χ0v) is 16.9. The van der Waals surface area contributed by atoms with Crippen LogP contribution in [0, 0.1) is 5.82 Å². The highest BCUT2D eigenvalue weighted by Gasteiger charge is 2.12. The molecule has 1 aromatic carbocycles. The minimum atomic E-state index is -0.287. The van der Waals surface area contributed by atoms with Gasteiger partial charge in [0.25, 0.3) is 0 Å². The SMILES string of the molecule is I.NC(=NCCCc1nc(-c2ccc(F)cc2)no1)N1CCSCC1. The number of guanidine groups is 1. The third-order valence-electron chi connectivity index (χ3n) is 3.73. The number of benzene rings is 1. The van der Waals surface area contributed by atoms with Crippen LogP contribution in [0.5, 0.6) is 0 Å². The quantitative estimate of drug-likeness (QED) is 0.309. The van der Waals surface area contributed by atoms with Crippen LogP contribution in [0.15, 0.2) is 33.8 Å². The van der Waals surface area contributed by atoms with E-state index < -0.39 is 0 Å². The molecular formula is C16H21FIN5OS. The van der Waals surface area contributed by atoms with Crippen molar-refractivity contribution < 1.29 is 8.91 Å². The molecular weight excluding hydrogens is 456 g/mol. The Morgan fingerprint density at radius 1 is 1.28 bits per heavy atom. The van der Waals surface area contributed by atoms with Crippen LogP contribution >= 0.6 is 35.7 Å². The summed E-state index contributed by atoms with van der Waals surface area (Å²) in [5.41, 5.74) is 6.74. The van der Waals surface area contributed by atoms with Gasteiger partial charge in [-0.15, -0.1) is 24.0 Å². The van der Waals surface area contributed by atoms with Gasteiger partial charge in [0.1, 0.15) is 5.82 Å². The molecule has 0 unspecified atom stereocenters. The number of halogens is 2. The normalized spacial score (nSPS) is 15.1. The summed E-state index contributed by atoms with van der Waals surface area (Å²) in [5.74, 6) is 3.56. The number of aliphatic imine (C=N–C) groups is 1. The first-order valence-electron chi connectivity index (χ1n) is 7.93. The van der Waals surface area contributed by atoms with Gasteiger partial charge < -0.3 is 15.2 Å². The predicted molar refractivity (Wildman–Crippen MR) is 109 cm³/mol. The van der Waals surface area contributed by atoms with E-state index in [1.807, 2.05) is 11.8 Å². The average Bonchev–Trinajstić information content (AvgIpc) is 3.09. The standard InChI is InChI=1S/C16H20FN5OS.HI/c17-13-5-3-12(4-6-13)15-20-14(23-21-15)2-1-7-19-16(18)22-8-10-24-11-9-22;/h3-6H,1-2,7-11H2,(H2,18,19);1H. The van der Waals surface area contributed by atoms with Crippen LogP contribution < -0.4 is 5.73 Å². The molecule has 0 aliphatic carbocycles. The summed E-state index contributed by atoms with van der Waals surface area (Å²) >= 11 is 1.94. The van der Waals surface area contributed by atoms with Crippen molar-refractivity contribution in [1.82, 2.24) is 15.0 Å². The van der Waals surface area contributed by atoms with Crippen LogP contribution in [0.2, 0.25) is 0 Å². The Labute approximate surface area is 167 Å². The van der Waals surface area contributed by atoms with Crippen molar-refractivity contribution >= 4 is 41.7 Å². The molecule has 1 aromatic heterocycles. The molecule has 0 saturated carbocycles. The summed E-state index contributed by atoms with van der Waals surface area (Å²) in [6.07, 6.45) is 1.43. The van der Waals surface area contributed by atoms with Crippen LogP contribution in [0.25, 0.3) is 11.4 Å². The van der Waals surface area contributed by atoms with Crippen molar-refractivity contribution in [3.05, 3.63) is 36.0 Å². The van der Waals surface area contributed by atoms with Gasteiger partial charge in [-0.1, -0.05) is 5.16 Å². The first-order chi connectivity index (χ1) is 11.7. The van der Waals surface area contributed by atoms with E-state index in [0.29, 0.717) is 30.6 Å². The van der Waals surface area contributed by atoms with Gasteiger partial charge in [0.2, 0.25) is 11.7 Å². The summed E-state index contributed by atoms with van der Waals surface area (Å²) in [4.78, 5) is 10.9. The second-order valence-corrected chi connectivity index (χ2v) is 6.69. The van der Waals surface area contributed by atoms with Crippen molar-refractivity contribution in [3.8, 4) is 11.4 Å². The fraction of sp³-hybridized carbons (Fsp3) is 0.438. The topological polar surface area (TPSA) is 80.5 Å². The lowest BCUT2D eigenvalue weighted by Gasteiger charge is -2.27. The third-order valence-corrected chi connectivity index (χ3v) is 4.67. The smallest absolute Gasteiger partial charge is 0.227 e. The molecule has 0 spiro atoms. The number of aryl methyl sites for hydroxylation is 1. The molecule has 1 aliphatic rings. The molecule has 1 aliphatic heterocycles. The summed E-state index contributed by atoms with van der Waals surface area (Å²) in [5, 5.41) is 3.92. The number of thioether (sulfide) groups is 1. The van der Waals surface area contributed by atoms with E-state index in [1.165, 1.54) is 12.1 Å². The van der Waals surface area contributed by atoms with Gasteiger partial charge in [0.15, 0.2) is 5.96 Å². The summed E-state index contributed by atoms with van der Waals surface area (Å²) in [6.45, 7) is 2.55. The molecule has 0 radical (unpaired) electrons. The maximum atomic E-state index is 12.9. The van der Waals surface area contributed by atoms with E-state index >= 15 is 0 Å². The largest absolute Gasteiger partial charge is 0.370 e. The van der Waals surface area contributed by atoms with Gasteiger partial charge >= 0.3 is 0 Å².